The van der Waals surface area contributed by atoms with Gasteiger partial charge in [0.05, 0.1) is 27.3 Å². The summed E-state index contributed by atoms with van der Waals surface area (Å²) in [6.45, 7) is 4.12. The average Bonchev–Trinajstić information content (AvgIpc) is 2.91. The quantitative estimate of drug-likeness (QED) is 0.542. The largest absolute Gasteiger partial charge is 0.397 e. The predicted octanol–water partition coefficient (Wildman–Crippen LogP) is 3.01. The van der Waals surface area contributed by atoms with Gasteiger partial charge in [-0.05, 0) is 43.2 Å². The third-order valence-corrected chi connectivity index (χ3v) is 4.66. The Kier molecular flexibility index (Phi) is 3.51. The lowest BCUT2D eigenvalue weighted by Crippen LogP contribution is -2.12. The van der Waals surface area contributed by atoms with E-state index in [1.807, 2.05) is 22.9 Å². The molecule has 0 saturated carbocycles. The number of hydrogen-bond donors (Lipinski definition) is 2. The number of halogens is 1. The molecule has 4 aromatic rings. The molecule has 126 valence electrons. The van der Waals surface area contributed by atoms with E-state index in [2.05, 4.69) is 28.8 Å². The molecule has 4 rings (SSSR count). The van der Waals surface area contributed by atoms with Gasteiger partial charge in [-0.2, -0.15) is 0 Å². The topological polar surface area (TPSA) is 89.1 Å². The first-order valence-corrected chi connectivity index (χ1v) is 8.21. The van der Waals surface area contributed by atoms with Crippen LogP contribution in [0.4, 0.5) is 5.69 Å². The molecule has 3 N–H and O–H groups in total. The van der Waals surface area contributed by atoms with E-state index in [1.54, 1.807) is 6.07 Å². The number of anilines is 1. The molecule has 0 aliphatic heterocycles. The number of nitrogens with two attached hydrogens (primary N) is 1. The maximum Gasteiger partial charge on any atom is 0.258 e. The number of fused-ring (bicyclic) bond motifs is 2. The number of aromatic amines is 1. The van der Waals surface area contributed by atoms with Crippen molar-refractivity contribution in [2.24, 2.45) is 0 Å². The molecular formula is C18H16ClN5O. The lowest BCUT2D eigenvalue weighted by Gasteiger charge is -2.04. The zero-order valence-corrected chi connectivity index (χ0v) is 14.6. The van der Waals surface area contributed by atoms with Crippen LogP contribution in [0, 0.1) is 13.8 Å². The summed E-state index contributed by atoms with van der Waals surface area (Å²) in [5.74, 6) is 0.538. The maximum atomic E-state index is 12.3. The van der Waals surface area contributed by atoms with Gasteiger partial charge in [0.2, 0.25) is 0 Å². The van der Waals surface area contributed by atoms with Crippen LogP contribution in [0.1, 0.15) is 22.6 Å². The first kappa shape index (κ1) is 15.7. The van der Waals surface area contributed by atoms with Gasteiger partial charge in [-0.3, -0.25) is 4.79 Å². The number of hydrogen-bond acceptors (Lipinski definition) is 4. The van der Waals surface area contributed by atoms with Crippen molar-refractivity contribution in [3.63, 3.8) is 0 Å². The first-order chi connectivity index (χ1) is 11.9. The van der Waals surface area contributed by atoms with Crippen molar-refractivity contribution in [3.8, 4) is 0 Å². The molecule has 0 bridgehead atoms. The molecule has 0 saturated heterocycles. The Morgan fingerprint density at radius 1 is 1.16 bits per heavy atom. The second-order valence-electron chi connectivity index (χ2n) is 6.22. The van der Waals surface area contributed by atoms with Crippen LogP contribution in [0.2, 0.25) is 5.02 Å². The zero-order chi connectivity index (χ0) is 17.7. The van der Waals surface area contributed by atoms with Crippen LogP contribution >= 0.6 is 11.6 Å². The SMILES string of the molecule is Cc1cc2nc(Cc3nc4cc(N)c(Cl)cc4c(=O)[nH]3)cn2cc1C. The van der Waals surface area contributed by atoms with E-state index in [1.165, 1.54) is 17.2 Å². The molecule has 0 unspecified atom stereocenters. The van der Waals surface area contributed by atoms with Gasteiger partial charge >= 0.3 is 0 Å². The van der Waals surface area contributed by atoms with Crippen LogP contribution < -0.4 is 11.3 Å². The molecule has 0 aliphatic carbocycles. The van der Waals surface area contributed by atoms with Crippen molar-refractivity contribution in [2.75, 3.05) is 5.73 Å². The maximum absolute atomic E-state index is 12.3. The van der Waals surface area contributed by atoms with Gasteiger partial charge in [0.15, 0.2) is 0 Å². The number of aryl methyl sites for hydroxylation is 2. The Hall–Kier alpha value is -2.86. The van der Waals surface area contributed by atoms with Gasteiger partial charge < -0.3 is 15.1 Å². The van der Waals surface area contributed by atoms with E-state index in [4.69, 9.17) is 17.3 Å². The van der Waals surface area contributed by atoms with Crippen LogP contribution in [0.25, 0.3) is 16.6 Å². The Balaban J connectivity index is 1.78. The van der Waals surface area contributed by atoms with Crippen LogP contribution in [0.15, 0.2) is 35.4 Å². The number of benzene rings is 1. The molecule has 0 amide bonds. The highest BCUT2D eigenvalue weighted by Gasteiger charge is 2.10. The van der Waals surface area contributed by atoms with Gasteiger partial charge in [0, 0.05) is 18.8 Å². The summed E-state index contributed by atoms with van der Waals surface area (Å²) < 4.78 is 1.98. The third kappa shape index (κ3) is 2.74. The summed E-state index contributed by atoms with van der Waals surface area (Å²) in [4.78, 5) is 24.2. The van der Waals surface area contributed by atoms with Gasteiger partial charge in [-0.25, -0.2) is 9.97 Å². The second-order valence-corrected chi connectivity index (χ2v) is 6.62. The third-order valence-electron chi connectivity index (χ3n) is 4.33. The Morgan fingerprint density at radius 3 is 2.76 bits per heavy atom. The summed E-state index contributed by atoms with van der Waals surface area (Å²) >= 11 is 5.98. The highest BCUT2D eigenvalue weighted by molar-refractivity contribution is 6.33. The van der Waals surface area contributed by atoms with Crippen molar-refractivity contribution in [1.82, 2.24) is 19.4 Å². The fraction of sp³-hybridized carbons (Fsp3) is 0.167. The van der Waals surface area contributed by atoms with E-state index in [9.17, 15) is 4.79 Å². The van der Waals surface area contributed by atoms with Gasteiger partial charge in [-0.15, -0.1) is 0 Å². The van der Waals surface area contributed by atoms with Crippen LogP contribution in [0.3, 0.4) is 0 Å². The van der Waals surface area contributed by atoms with Crippen molar-refractivity contribution < 1.29 is 0 Å². The predicted molar refractivity (Wildman–Crippen MR) is 99.3 cm³/mol. The standard InChI is InChI=1S/C18H16ClN5O/c1-9-3-17-21-11(8-24(17)7-10(9)2)4-16-22-15-6-14(20)13(19)5-12(15)18(25)23-16/h3,5-8H,4,20H2,1-2H3,(H,22,23,25). The number of rotatable bonds is 2. The summed E-state index contributed by atoms with van der Waals surface area (Å²) in [5.41, 5.74) is 10.6. The number of aromatic nitrogens is 4. The van der Waals surface area contributed by atoms with Crippen molar-refractivity contribution in [2.45, 2.75) is 20.3 Å². The fourth-order valence-corrected chi connectivity index (χ4v) is 3.02. The number of nitrogens with one attached hydrogen (secondary N) is 1. The molecule has 3 aromatic heterocycles. The molecule has 0 spiro atoms. The minimum Gasteiger partial charge on any atom is -0.397 e. The molecule has 0 atom stereocenters. The number of pyridine rings is 1. The van der Waals surface area contributed by atoms with E-state index >= 15 is 0 Å². The zero-order valence-electron chi connectivity index (χ0n) is 13.8. The number of imidazole rings is 1. The monoisotopic (exact) mass is 353 g/mol. The minimum atomic E-state index is -0.239. The molecule has 3 heterocycles. The number of nitrogens with zero attached hydrogens (tertiary/aromatic N) is 3. The molecule has 0 radical (unpaired) electrons. The normalized spacial score (nSPS) is 11.5. The smallest absolute Gasteiger partial charge is 0.258 e. The Labute approximate surface area is 148 Å². The van der Waals surface area contributed by atoms with Crippen LogP contribution in [0.5, 0.6) is 0 Å². The molecule has 25 heavy (non-hydrogen) atoms. The van der Waals surface area contributed by atoms with E-state index in [0.29, 0.717) is 33.9 Å². The van der Waals surface area contributed by atoms with E-state index < -0.39 is 0 Å². The van der Waals surface area contributed by atoms with Crippen LogP contribution in [-0.4, -0.2) is 19.4 Å². The van der Waals surface area contributed by atoms with Crippen molar-refractivity contribution in [3.05, 3.63) is 68.6 Å². The van der Waals surface area contributed by atoms with Crippen molar-refractivity contribution in [1.29, 1.82) is 0 Å². The van der Waals surface area contributed by atoms with Gasteiger partial charge in [-0.1, -0.05) is 11.6 Å². The summed E-state index contributed by atoms with van der Waals surface area (Å²) in [5, 5.41) is 0.767. The summed E-state index contributed by atoms with van der Waals surface area (Å²) in [6.07, 6.45) is 4.41. The Morgan fingerprint density at radius 2 is 1.96 bits per heavy atom. The lowest BCUT2D eigenvalue weighted by atomic mass is 10.2. The van der Waals surface area contributed by atoms with Gasteiger partial charge in [0.1, 0.15) is 11.5 Å². The van der Waals surface area contributed by atoms with E-state index in [0.717, 1.165) is 11.3 Å². The number of nitrogen functional groups attached to an aromatic ring is 1. The number of H-pyrrole nitrogens is 1. The summed E-state index contributed by atoms with van der Waals surface area (Å²) in [6, 6.07) is 5.20. The first-order valence-electron chi connectivity index (χ1n) is 7.83. The highest BCUT2D eigenvalue weighted by atomic mass is 35.5. The molecule has 1 aromatic carbocycles. The lowest BCUT2D eigenvalue weighted by molar-refractivity contribution is 0.950. The second kappa shape index (κ2) is 5.60. The molecule has 7 heteroatoms. The van der Waals surface area contributed by atoms with Crippen LogP contribution in [-0.2, 0) is 6.42 Å². The summed E-state index contributed by atoms with van der Waals surface area (Å²) in [7, 11) is 0. The minimum absolute atomic E-state index is 0.239. The molecule has 0 fully saturated rings. The highest BCUT2D eigenvalue weighted by Crippen LogP contribution is 2.23. The Bertz CT molecular complexity index is 1150. The van der Waals surface area contributed by atoms with E-state index in [-0.39, 0.29) is 5.56 Å². The van der Waals surface area contributed by atoms with Gasteiger partial charge in [0.25, 0.3) is 5.56 Å². The molecule has 6 nitrogen and oxygen atoms in total. The average molecular weight is 354 g/mol. The molecule has 0 aliphatic rings. The molecular weight excluding hydrogens is 338 g/mol. The fourth-order valence-electron chi connectivity index (χ4n) is 2.85. The van der Waals surface area contributed by atoms with Crippen molar-refractivity contribution >= 4 is 33.8 Å².